The summed E-state index contributed by atoms with van der Waals surface area (Å²) in [4.78, 5) is 0. The quantitative estimate of drug-likeness (QED) is 0.594. The molecule has 0 radical (unpaired) electrons. The van der Waals surface area contributed by atoms with E-state index in [4.69, 9.17) is 5.73 Å². The first-order valence-corrected chi connectivity index (χ1v) is 3.50. The van der Waals surface area contributed by atoms with Gasteiger partial charge in [0.2, 0.25) is 0 Å². The molecule has 0 aliphatic rings. The Kier molecular flexibility index (Phi) is 4.38. The highest BCUT2D eigenvalue weighted by Gasteiger charge is 1.90. The van der Waals surface area contributed by atoms with Crippen LogP contribution in [0.25, 0.3) is 0 Å². The van der Waals surface area contributed by atoms with Gasteiger partial charge in [0.15, 0.2) is 0 Å². The van der Waals surface area contributed by atoms with E-state index < -0.39 is 0 Å². The van der Waals surface area contributed by atoms with Gasteiger partial charge in [-0.1, -0.05) is 25.7 Å². The minimum Gasteiger partial charge on any atom is -0.399 e. The molecule has 1 heteroatoms. The second-order valence-electron chi connectivity index (χ2n) is 2.04. The molecule has 0 spiro atoms. The van der Waals surface area contributed by atoms with E-state index in [0.29, 0.717) is 0 Å². The van der Waals surface area contributed by atoms with Gasteiger partial charge in [-0.2, -0.15) is 0 Å². The van der Waals surface area contributed by atoms with Crippen molar-refractivity contribution in [3.8, 4) is 0 Å². The third-order valence-electron chi connectivity index (χ3n) is 1.34. The molecule has 0 aromatic heterocycles. The molecule has 1 nitrogen and oxygen atoms in total. The summed E-state index contributed by atoms with van der Waals surface area (Å²) in [5.41, 5.74) is 7.60. The highest BCUT2D eigenvalue weighted by molar-refractivity contribution is 5.29. The second kappa shape index (κ2) is 4.86. The lowest BCUT2D eigenvalue weighted by Gasteiger charge is -1.98. The topological polar surface area (TPSA) is 26.0 Å². The van der Waals surface area contributed by atoms with Crippen molar-refractivity contribution in [2.45, 2.75) is 20.3 Å². The molecular formula is C9H15N. The molecule has 0 bridgehead atoms. The van der Waals surface area contributed by atoms with E-state index >= 15 is 0 Å². The summed E-state index contributed by atoms with van der Waals surface area (Å²) < 4.78 is 0. The lowest BCUT2D eigenvalue weighted by molar-refractivity contribution is 1.11. The molecule has 0 saturated carbocycles. The molecule has 0 rings (SSSR count). The molecule has 0 saturated heterocycles. The lowest BCUT2D eigenvalue weighted by atomic mass is 10.1. The molecule has 2 N–H and O–H groups in total. The molecule has 0 aliphatic carbocycles. The summed E-state index contributed by atoms with van der Waals surface area (Å²) in [7, 11) is 0. The maximum absolute atomic E-state index is 5.67. The van der Waals surface area contributed by atoms with Crippen molar-refractivity contribution < 1.29 is 0 Å². The second-order valence-corrected chi connectivity index (χ2v) is 2.04. The Hall–Kier alpha value is -0.980. The summed E-state index contributed by atoms with van der Waals surface area (Å²) >= 11 is 0. The van der Waals surface area contributed by atoms with Gasteiger partial charge in [0.25, 0.3) is 0 Å². The Morgan fingerprint density at radius 3 is 2.50 bits per heavy atom. The minimum absolute atomic E-state index is 0.819. The van der Waals surface area contributed by atoms with Gasteiger partial charge in [-0.25, -0.2) is 0 Å². The zero-order valence-corrected chi connectivity index (χ0v) is 6.72. The fourth-order valence-electron chi connectivity index (χ4n) is 0.753. The number of hydrogen-bond acceptors (Lipinski definition) is 1. The van der Waals surface area contributed by atoms with Crippen LogP contribution in [0, 0.1) is 0 Å². The van der Waals surface area contributed by atoms with Crippen molar-refractivity contribution in [2.75, 3.05) is 0 Å². The normalized spacial score (nSPS) is 13.4. The van der Waals surface area contributed by atoms with E-state index in [1.54, 1.807) is 6.08 Å². The molecule has 0 heterocycles. The van der Waals surface area contributed by atoms with Crippen LogP contribution >= 0.6 is 0 Å². The van der Waals surface area contributed by atoms with Gasteiger partial charge >= 0.3 is 0 Å². The number of hydrogen-bond donors (Lipinski definition) is 1. The van der Waals surface area contributed by atoms with E-state index in [-0.39, 0.29) is 0 Å². The maximum Gasteiger partial charge on any atom is 0.0342 e. The van der Waals surface area contributed by atoms with Crippen molar-refractivity contribution in [3.05, 3.63) is 36.1 Å². The number of allylic oxidation sites excluding steroid dienone is 4. The summed E-state index contributed by atoms with van der Waals surface area (Å²) in [6.07, 6.45) is 6.56. The van der Waals surface area contributed by atoms with Crippen molar-refractivity contribution in [1.82, 2.24) is 0 Å². The first-order chi connectivity index (χ1) is 4.76. The molecule has 0 aliphatic heterocycles. The fourth-order valence-corrected chi connectivity index (χ4v) is 0.753. The Morgan fingerprint density at radius 2 is 2.20 bits per heavy atom. The summed E-state index contributed by atoms with van der Waals surface area (Å²) in [5.74, 6) is 0. The van der Waals surface area contributed by atoms with Gasteiger partial charge in [0.1, 0.15) is 0 Å². The van der Waals surface area contributed by atoms with Crippen LogP contribution in [-0.2, 0) is 0 Å². The molecule has 56 valence electrons. The van der Waals surface area contributed by atoms with Gasteiger partial charge < -0.3 is 5.73 Å². The predicted octanol–water partition coefficient (Wildman–Crippen LogP) is 2.37. The fraction of sp³-hybridized carbons (Fsp3) is 0.333. The first-order valence-electron chi connectivity index (χ1n) is 3.50. The third-order valence-corrected chi connectivity index (χ3v) is 1.34. The monoisotopic (exact) mass is 137 g/mol. The SMILES string of the molecule is C=C/C(CC)=C(N)\C=C/C. The van der Waals surface area contributed by atoms with Gasteiger partial charge in [-0.3, -0.25) is 0 Å². The Bertz CT molecular complexity index is 164. The van der Waals surface area contributed by atoms with Crippen LogP contribution in [0.1, 0.15) is 20.3 Å². The molecule has 0 atom stereocenters. The third kappa shape index (κ3) is 2.53. The molecule has 0 aromatic carbocycles. The van der Waals surface area contributed by atoms with Crippen LogP contribution in [0.3, 0.4) is 0 Å². The van der Waals surface area contributed by atoms with Crippen LogP contribution in [0.2, 0.25) is 0 Å². The number of rotatable bonds is 3. The van der Waals surface area contributed by atoms with E-state index in [1.165, 1.54) is 0 Å². The van der Waals surface area contributed by atoms with Crippen molar-refractivity contribution in [3.63, 3.8) is 0 Å². The lowest BCUT2D eigenvalue weighted by Crippen LogP contribution is -1.96. The molecule has 0 unspecified atom stereocenters. The van der Waals surface area contributed by atoms with E-state index in [2.05, 4.69) is 13.5 Å². The zero-order chi connectivity index (χ0) is 7.98. The predicted molar refractivity (Wildman–Crippen MR) is 46.5 cm³/mol. The highest BCUT2D eigenvalue weighted by atomic mass is 14.6. The van der Waals surface area contributed by atoms with E-state index in [0.717, 1.165) is 17.7 Å². The molecule has 10 heavy (non-hydrogen) atoms. The van der Waals surface area contributed by atoms with Crippen LogP contribution in [0.15, 0.2) is 36.1 Å². The standard InChI is InChI=1S/C9H15N/c1-4-7-9(10)8(5-2)6-3/h4-5,7H,2,6,10H2,1,3H3/b7-4-,9-8-. The molecule has 0 amide bonds. The zero-order valence-electron chi connectivity index (χ0n) is 6.72. The van der Waals surface area contributed by atoms with E-state index in [1.807, 2.05) is 19.1 Å². The Morgan fingerprint density at radius 1 is 1.60 bits per heavy atom. The van der Waals surface area contributed by atoms with Crippen LogP contribution in [0.5, 0.6) is 0 Å². The molecule has 0 fully saturated rings. The largest absolute Gasteiger partial charge is 0.399 e. The summed E-state index contributed by atoms with van der Waals surface area (Å²) in [6, 6.07) is 0. The molecule has 0 aromatic rings. The average Bonchev–Trinajstić information content (AvgIpc) is 1.91. The van der Waals surface area contributed by atoms with Gasteiger partial charge in [-0.15, -0.1) is 0 Å². The summed E-state index contributed by atoms with van der Waals surface area (Å²) in [5, 5.41) is 0. The Labute approximate surface area is 62.9 Å². The van der Waals surface area contributed by atoms with Crippen LogP contribution < -0.4 is 5.73 Å². The molecular weight excluding hydrogens is 122 g/mol. The highest BCUT2D eigenvalue weighted by Crippen LogP contribution is 2.05. The van der Waals surface area contributed by atoms with Crippen molar-refractivity contribution in [2.24, 2.45) is 5.73 Å². The van der Waals surface area contributed by atoms with Gasteiger partial charge in [-0.05, 0) is 25.0 Å². The smallest absolute Gasteiger partial charge is 0.0342 e. The average molecular weight is 137 g/mol. The summed E-state index contributed by atoms with van der Waals surface area (Å²) in [6.45, 7) is 7.67. The number of nitrogens with two attached hydrogens (primary N) is 1. The first kappa shape index (κ1) is 9.02. The van der Waals surface area contributed by atoms with Crippen molar-refractivity contribution >= 4 is 0 Å². The van der Waals surface area contributed by atoms with Gasteiger partial charge in [0, 0.05) is 5.70 Å². The van der Waals surface area contributed by atoms with E-state index in [9.17, 15) is 0 Å². The van der Waals surface area contributed by atoms with Crippen LogP contribution in [-0.4, -0.2) is 0 Å². The maximum atomic E-state index is 5.67. The minimum atomic E-state index is 0.819. The van der Waals surface area contributed by atoms with Crippen molar-refractivity contribution in [1.29, 1.82) is 0 Å². The van der Waals surface area contributed by atoms with Gasteiger partial charge in [0.05, 0.1) is 0 Å². The van der Waals surface area contributed by atoms with Crippen LogP contribution in [0.4, 0.5) is 0 Å². The Balaban J connectivity index is 4.42.